The van der Waals surface area contributed by atoms with Crippen molar-refractivity contribution in [3.05, 3.63) is 29.8 Å². The minimum Gasteiger partial charge on any atom is -0.490 e. The highest BCUT2D eigenvalue weighted by Gasteiger charge is 2.24. The first-order chi connectivity index (χ1) is 11.5. The molecule has 1 aliphatic heterocycles. The summed E-state index contributed by atoms with van der Waals surface area (Å²) in [6.45, 7) is 4.96. The Morgan fingerprint density at radius 3 is 2.75 bits per heavy atom. The molecule has 0 saturated carbocycles. The number of rotatable bonds is 8. The number of carboxylic acid groups (broad SMARTS) is 1. The number of hydrogen-bond donors (Lipinski definition) is 2. The maximum atomic E-state index is 12.5. The number of aliphatic carboxylic acids is 1. The lowest BCUT2D eigenvalue weighted by atomic mass is 10.0. The first-order valence-corrected chi connectivity index (χ1v) is 8.34. The quantitative estimate of drug-likeness (QED) is 0.762. The number of carboxylic acids is 1. The molecule has 0 bridgehead atoms. The third-order valence-electron chi connectivity index (χ3n) is 3.89. The predicted octanol–water partition coefficient (Wildman–Crippen LogP) is 2.47. The number of ether oxygens (including phenoxy) is 2. The van der Waals surface area contributed by atoms with Crippen LogP contribution in [0.25, 0.3) is 0 Å². The van der Waals surface area contributed by atoms with E-state index in [-0.39, 0.29) is 12.0 Å². The standard InChI is InChI=1S/C18H25NO5/c1-12(2)10-15(18(21)22)19-17(20)14-7-3-4-8-16(14)24-11-13-6-5-9-23-13/h3-4,7-8,12-13,15H,5-6,9-11H2,1-2H3,(H,19,20)(H,21,22)/t13?,15-/m1/s1. The van der Waals surface area contributed by atoms with Crippen molar-refractivity contribution in [3.63, 3.8) is 0 Å². The van der Waals surface area contributed by atoms with Gasteiger partial charge in [0.05, 0.1) is 11.7 Å². The monoisotopic (exact) mass is 335 g/mol. The van der Waals surface area contributed by atoms with Crippen molar-refractivity contribution >= 4 is 11.9 Å². The van der Waals surface area contributed by atoms with Crippen LogP contribution in [0.5, 0.6) is 5.75 Å². The third-order valence-corrected chi connectivity index (χ3v) is 3.89. The zero-order valence-corrected chi connectivity index (χ0v) is 14.2. The maximum absolute atomic E-state index is 12.5. The van der Waals surface area contributed by atoms with Crippen LogP contribution in [-0.4, -0.2) is 42.3 Å². The van der Waals surface area contributed by atoms with E-state index in [1.54, 1.807) is 24.3 Å². The van der Waals surface area contributed by atoms with E-state index >= 15 is 0 Å². The number of hydrogen-bond acceptors (Lipinski definition) is 4. The molecule has 1 amide bonds. The van der Waals surface area contributed by atoms with Gasteiger partial charge in [0.15, 0.2) is 0 Å². The largest absolute Gasteiger partial charge is 0.490 e. The number of nitrogens with one attached hydrogen (secondary N) is 1. The smallest absolute Gasteiger partial charge is 0.326 e. The van der Waals surface area contributed by atoms with Gasteiger partial charge in [-0.05, 0) is 37.3 Å². The molecular formula is C18H25NO5. The summed E-state index contributed by atoms with van der Waals surface area (Å²) in [5, 5.41) is 11.9. The van der Waals surface area contributed by atoms with Crippen LogP contribution in [0, 0.1) is 5.92 Å². The van der Waals surface area contributed by atoms with Gasteiger partial charge in [-0.1, -0.05) is 26.0 Å². The van der Waals surface area contributed by atoms with Crippen LogP contribution < -0.4 is 10.1 Å². The highest BCUT2D eigenvalue weighted by molar-refractivity contribution is 5.98. The Bertz CT molecular complexity index is 566. The fourth-order valence-electron chi connectivity index (χ4n) is 2.67. The van der Waals surface area contributed by atoms with Crippen LogP contribution in [-0.2, 0) is 9.53 Å². The van der Waals surface area contributed by atoms with Crippen molar-refractivity contribution < 1.29 is 24.2 Å². The molecule has 1 unspecified atom stereocenters. The van der Waals surface area contributed by atoms with E-state index in [2.05, 4.69) is 5.32 Å². The van der Waals surface area contributed by atoms with Crippen molar-refractivity contribution in [1.29, 1.82) is 0 Å². The van der Waals surface area contributed by atoms with Crippen molar-refractivity contribution in [1.82, 2.24) is 5.32 Å². The van der Waals surface area contributed by atoms with E-state index in [0.717, 1.165) is 19.4 Å². The van der Waals surface area contributed by atoms with E-state index in [4.69, 9.17) is 9.47 Å². The van der Waals surface area contributed by atoms with Gasteiger partial charge in [0.2, 0.25) is 0 Å². The zero-order valence-electron chi connectivity index (χ0n) is 14.2. The summed E-state index contributed by atoms with van der Waals surface area (Å²) in [5.74, 6) is -0.864. The predicted molar refractivity (Wildman–Crippen MR) is 89.3 cm³/mol. The normalized spacial score (nSPS) is 18.4. The maximum Gasteiger partial charge on any atom is 0.326 e. The summed E-state index contributed by atoms with van der Waals surface area (Å²) < 4.78 is 11.2. The van der Waals surface area contributed by atoms with E-state index < -0.39 is 17.9 Å². The lowest BCUT2D eigenvalue weighted by Crippen LogP contribution is -2.41. The summed E-state index contributed by atoms with van der Waals surface area (Å²) in [6, 6.07) is 5.94. The summed E-state index contributed by atoms with van der Waals surface area (Å²) >= 11 is 0. The Hall–Kier alpha value is -2.08. The number of benzene rings is 1. The van der Waals surface area contributed by atoms with Crippen molar-refractivity contribution in [2.24, 2.45) is 5.92 Å². The Kier molecular flexibility index (Phi) is 6.61. The molecule has 132 valence electrons. The van der Waals surface area contributed by atoms with Crippen LogP contribution >= 0.6 is 0 Å². The first-order valence-electron chi connectivity index (χ1n) is 8.34. The molecule has 2 atom stereocenters. The Morgan fingerprint density at radius 1 is 1.38 bits per heavy atom. The summed E-state index contributed by atoms with van der Waals surface area (Å²) in [6.07, 6.45) is 2.39. The van der Waals surface area contributed by atoms with Crippen LogP contribution in [0.3, 0.4) is 0 Å². The van der Waals surface area contributed by atoms with Crippen LogP contribution in [0.15, 0.2) is 24.3 Å². The molecule has 1 aliphatic rings. The molecule has 0 aliphatic carbocycles. The van der Waals surface area contributed by atoms with E-state index in [1.807, 2.05) is 13.8 Å². The molecular weight excluding hydrogens is 310 g/mol. The van der Waals surface area contributed by atoms with Gasteiger partial charge in [0, 0.05) is 6.61 Å². The highest BCUT2D eigenvalue weighted by Crippen LogP contribution is 2.21. The van der Waals surface area contributed by atoms with Crippen molar-refractivity contribution in [3.8, 4) is 5.75 Å². The SMILES string of the molecule is CC(C)C[C@@H](NC(=O)c1ccccc1OCC1CCCO1)C(=O)O. The first kappa shape index (κ1) is 18.3. The molecule has 6 nitrogen and oxygen atoms in total. The number of carbonyl (C=O) groups excluding carboxylic acids is 1. The number of para-hydroxylation sites is 1. The molecule has 2 N–H and O–H groups in total. The molecule has 2 rings (SSSR count). The average molecular weight is 335 g/mol. The molecule has 6 heteroatoms. The average Bonchev–Trinajstić information content (AvgIpc) is 3.05. The molecule has 1 heterocycles. The molecule has 1 aromatic carbocycles. The van der Waals surface area contributed by atoms with Crippen molar-refractivity contribution in [2.45, 2.75) is 45.3 Å². The molecule has 0 radical (unpaired) electrons. The van der Waals surface area contributed by atoms with E-state index in [9.17, 15) is 14.7 Å². The van der Waals surface area contributed by atoms with Gasteiger partial charge in [-0.2, -0.15) is 0 Å². The van der Waals surface area contributed by atoms with Gasteiger partial charge < -0.3 is 19.9 Å². The second kappa shape index (κ2) is 8.68. The van der Waals surface area contributed by atoms with Gasteiger partial charge in [0.25, 0.3) is 5.91 Å². The lowest BCUT2D eigenvalue weighted by Gasteiger charge is -2.18. The number of carbonyl (C=O) groups is 2. The Labute approximate surface area is 142 Å². The van der Waals surface area contributed by atoms with Gasteiger partial charge in [-0.15, -0.1) is 0 Å². The molecule has 24 heavy (non-hydrogen) atoms. The molecule has 1 fully saturated rings. The van der Waals surface area contributed by atoms with Crippen LogP contribution in [0.1, 0.15) is 43.5 Å². The van der Waals surface area contributed by atoms with Gasteiger partial charge in [-0.3, -0.25) is 4.79 Å². The lowest BCUT2D eigenvalue weighted by molar-refractivity contribution is -0.139. The second-order valence-corrected chi connectivity index (χ2v) is 6.44. The summed E-state index contributed by atoms with van der Waals surface area (Å²) in [4.78, 5) is 23.8. The topological polar surface area (TPSA) is 84.9 Å². The van der Waals surface area contributed by atoms with E-state index in [0.29, 0.717) is 24.3 Å². The van der Waals surface area contributed by atoms with Crippen LogP contribution in [0.2, 0.25) is 0 Å². The molecule has 0 spiro atoms. The second-order valence-electron chi connectivity index (χ2n) is 6.44. The number of amides is 1. The van der Waals surface area contributed by atoms with E-state index in [1.165, 1.54) is 0 Å². The molecule has 1 saturated heterocycles. The van der Waals surface area contributed by atoms with Crippen molar-refractivity contribution in [2.75, 3.05) is 13.2 Å². The zero-order chi connectivity index (χ0) is 17.5. The molecule has 1 aromatic rings. The minimum absolute atomic E-state index is 0.0498. The summed E-state index contributed by atoms with van der Waals surface area (Å²) in [5.41, 5.74) is 0.338. The van der Waals surface area contributed by atoms with Gasteiger partial charge in [0.1, 0.15) is 18.4 Å². The van der Waals surface area contributed by atoms with Gasteiger partial charge >= 0.3 is 5.97 Å². The molecule has 0 aromatic heterocycles. The third kappa shape index (κ3) is 5.23. The van der Waals surface area contributed by atoms with Gasteiger partial charge in [-0.25, -0.2) is 4.79 Å². The minimum atomic E-state index is -1.03. The Balaban J connectivity index is 2.03. The van der Waals surface area contributed by atoms with Crippen LogP contribution in [0.4, 0.5) is 0 Å². The fourth-order valence-corrected chi connectivity index (χ4v) is 2.67. The summed E-state index contributed by atoms with van der Waals surface area (Å²) in [7, 11) is 0. The Morgan fingerprint density at radius 2 is 2.12 bits per heavy atom. The highest BCUT2D eigenvalue weighted by atomic mass is 16.5. The fraction of sp³-hybridized carbons (Fsp3) is 0.556.